The molecule has 0 radical (unpaired) electrons. The van der Waals surface area contributed by atoms with Crippen molar-refractivity contribution in [3.8, 4) is 0 Å². The number of likely N-dealkylation sites (N-methyl/N-ethyl adjacent to an activating group) is 1. The quantitative estimate of drug-likeness (QED) is 0.764. The summed E-state index contributed by atoms with van der Waals surface area (Å²) in [6.45, 7) is 7.03. The third-order valence-electron chi connectivity index (χ3n) is 3.18. The van der Waals surface area contributed by atoms with Crippen molar-refractivity contribution in [2.24, 2.45) is 0 Å². The van der Waals surface area contributed by atoms with Gasteiger partial charge < -0.3 is 0 Å². The molecule has 0 N–H and O–H groups in total. The van der Waals surface area contributed by atoms with E-state index in [1.54, 1.807) is 7.05 Å². The molecule has 1 fully saturated rings. The molecular formula is C12H18N2O2S. The molecule has 1 heterocycles. The van der Waals surface area contributed by atoms with Crippen LogP contribution in [0.3, 0.4) is 0 Å². The fourth-order valence-electron chi connectivity index (χ4n) is 2.42. The van der Waals surface area contributed by atoms with Gasteiger partial charge in [0.15, 0.2) is 0 Å². The average molecular weight is 254 g/mol. The first-order valence-corrected chi connectivity index (χ1v) is 7.05. The van der Waals surface area contributed by atoms with Crippen molar-refractivity contribution in [1.29, 1.82) is 0 Å². The fraction of sp³-hybridized carbons (Fsp3) is 0.500. The zero-order chi connectivity index (χ0) is 12.8. The molecule has 0 aromatic heterocycles. The molecule has 2 rings (SSSR count). The highest BCUT2D eigenvalue weighted by Gasteiger charge is 2.35. The number of rotatable bonds is 1. The minimum Gasteiger partial charge on any atom is -0.256 e. The Morgan fingerprint density at radius 2 is 1.59 bits per heavy atom. The summed E-state index contributed by atoms with van der Waals surface area (Å²) in [4.78, 5) is 0. The number of nitrogens with zero attached hydrogens (tertiary/aromatic N) is 2. The second kappa shape index (κ2) is 3.99. The molecule has 1 aromatic rings. The lowest BCUT2D eigenvalue weighted by Gasteiger charge is -2.22. The summed E-state index contributed by atoms with van der Waals surface area (Å²) in [5, 5.41) is 0. The van der Waals surface area contributed by atoms with Crippen molar-refractivity contribution in [3.63, 3.8) is 0 Å². The van der Waals surface area contributed by atoms with Crippen LogP contribution in [-0.4, -0.2) is 32.9 Å². The number of hydrogen-bond donors (Lipinski definition) is 0. The maximum atomic E-state index is 12.1. The summed E-state index contributed by atoms with van der Waals surface area (Å²) < 4.78 is 27.2. The van der Waals surface area contributed by atoms with Gasteiger partial charge in [-0.15, -0.1) is 0 Å². The average Bonchev–Trinajstić information content (AvgIpc) is 2.43. The predicted octanol–water partition coefficient (Wildman–Crippen LogP) is 1.61. The monoisotopic (exact) mass is 254 g/mol. The van der Waals surface area contributed by atoms with Gasteiger partial charge in [0.05, 0.1) is 5.69 Å². The highest BCUT2D eigenvalue weighted by atomic mass is 32.2. The van der Waals surface area contributed by atoms with Crippen molar-refractivity contribution < 1.29 is 8.42 Å². The first-order chi connectivity index (χ1) is 7.84. The molecule has 0 aliphatic carbocycles. The summed E-state index contributed by atoms with van der Waals surface area (Å²) in [5.74, 6) is 0. The molecule has 94 valence electrons. The lowest BCUT2D eigenvalue weighted by Crippen LogP contribution is -2.31. The Morgan fingerprint density at radius 1 is 1.06 bits per heavy atom. The first kappa shape index (κ1) is 12.4. The Hall–Kier alpha value is -1.07. The molecule has 17 heavy (non-hydrogen) atoms. The minimum atomic E-state index is -3.31. The maximum absolute atomic E-state index is 12.1. The van der Waals surface area contributed by atoms with E-state index in [0.29, 0.717) is 13.1 Å². The highest BCUT2D eigenvalue weighted by molar-refractivity contribution is 7.90. The van der Waals surface area contributed by atoms with E-state index in [0.717, 1.165) is 22.4 Å². The Bertz CT molecular complexity index is 529. The van der Waals surface area contributed by atoms with Crippen molar-refractivity contribution in [2.45, 2.75) is 20.8 Å². The van der Waals surface area contributed by atoms with Gasteiger partial charge >= 0.3 is 10.2 Å². The van der Waals surface area contributed by atoms with Gasteiger partial charge in [0, 0.05) is 20.1 Å². The Balaban J connectivity index is 2.57. The Morgan fingerprint density at radius 3 is 2.00 bits per heavy atom. The summed E-state index contributed by atoms with van der Waals surface area (Å²) in [7, 11) is -1.69. The van der Waals surface area contributed by atoms with Gasteiger partial charge in [-0.3, -0.25) is 4.31 Å². The first-order valence-electron chi connectivity index (χ1n) is 5.66. The van der Waals surface area contributed by atoms with Crippen LogP contribution in [0.5, 0.6) is 0 Å². The SMILES string of the molecule is Cc1cc(C)c(N2CCN(C)S2(=O)=O)c(C)c1. The second-order valence-corrected chi connectivity index (χ2v) is 6.61. The largest absolute Gasteiger partial charge is 0.303 e. The van der Waals surface area contributed by atoms with Crippen molar-refractivity contribution >= 4 is 15.9 Å². The van der Waals surface area contributed by atoms with E-state index in [9.17, 15) is 8.42 Å². The lowest BCUT2D eigenvalue weighted by atomic mass is 10.1. The fourth-order valence-corrected chi connectivity index (χ4v) is 3.90. The number of aryl methyl sites for hydroxylation is 3. The highest BCUT2D eigenvalue weighted by Crippen LogP contribution is 2.31. The molecule has 0 spiro atoms. The van der Waals surface area contributed by atoms with E-state index < -0.39 is 10.2 Å². The Labute approximate surface area is 103 Å². The van der Waals surface area contributed by atoms with Crippen LogP contribution in [0, 0.1) is 20.8 Å². The van der Waals surface area contributed by atoms with Gasteiger partial charge in [-0.1, -0.05) is 17.7 Å². The van der Waals surface area contributed by atoms with E-state index >= 15 is 0 Å². The van der Waals surface area contributed by atoms with Crippen molar-refractivity contribution in [1.82, 2.24) is 4.31 Å². The van der Waals surface area contributed by atoms with Gasteiger partial charge in [-0.2, -0.15) is 12.7 Å². The van der Waals surface area contributed by atoms with E-state index in [4.69, 9.17) is 0 Å². The van der Waals surface area contributed by atoms with Gasteiger partial charge in [0.25, 0.3) is 0 Å². The molecular weight excluding hydrogens is 236 g/mol. The van der Waals surface area contributed by atoms with Gasteiger partial charge in [0.2, 0.25) is 0 Å². The molecule has 0 amide bonds. The summed E-state index contributed by atoms with van der Waals surface area (Å²) in [6.07, 6.45) is 0. The van der Waals surface area contributed by atoms with E-state index in [1.165, 1.54) is 8.61 Å². The molecule has 0 atom stereocenters. The van der Waals surface area contributed by atoms with E-state index in [1.807, 2.05) is 32.9 Å². The van der Waals surface area contributed by atoms with Gasteiger partial charge in [0.1, 0.15) is 0 Å². The smallest absolute Gasteiger partial charge is 0.256 e. The van der Waals surface area contributed by atoms with Crippen LogP contribution in [0.15, 0.2) is 12.1 Å². The second-order valence-electron chi connectivity index (χ2n) is 4.65. The maximum Gasteiger partial charge on any atom is 0.303 e. The van der Waals surface area contributed by atoms with Crippen LogP contribution in [0.2, 0.25) is 0 Å². The molecule has 1 saturated heterocycles. The summed E-state index contributed by atoms with van der Waals surface area (Å²) in [6, 6.07) is 4.05. The van der Waals surface area contributed by atoms with Crippen LogP contribution in [0.4, 0.5) is 5.69 Å². The van der Waals surface area contributed by atoms with Crippen LogP contribution in [-0.2, 0) is 10.2 Å². The van der Waals surface area contributed by atoms with Gasteiger partial charge in [-0.25, -0.2) is 0 Å². The normalized spacial score (nSPS) is 19.9. The molecule has 4 nitrogen and oxygen atoms in total. The lowest BCUT2D eigenvalue weighted by molar-refractivity contribution is 0.511. The third-order valence-corrected chi connectivity index (χ3v) is 5.07. The Kier molecular flexibility index (Phi) is 2.91. The molecule has 0 unspecified atom stereocenters. The molecule has 0 bridgehead atoms. The van der Waals surface area contributed by atoms with Crippen molar-refractivity contribution in [3.05, 3.63) is 28.8 Å². The van der Waals surface area contributed by atoms with Crippen molar-refractivity contribution in [2.75, 3.05) is 24.4 Å². The van der Waals surface area contributed by atoms with Crippen LogP contribution < -0.4 is 4.31 Å². The zero-order valence-electron chi connectivity index (χ0n) is 10.7. The molecule has 0 saturated carbocycles. The molecule has 1 aliphatic rings. The topological polar surface area (TPSA) is 40.6 Å². The van der Waals surface area contributed by atoms with E-state index in [-0.39, 0.29) is 0 Å². The van der Waals surface area contributed by atoms with Crippen LogP contribution >= 0.6 is 0 Å². The van der Waals surface area contributed by atoms with E-state index in [2.05, 4.69) is 0 Å². The number of hydrogen-bond acceptors (Lipinski definition) is 2. The van der Waals surface area contributed by atoms with Crippen LogP contribution in [0.1, 0.15) is 16.7 Å². The summed E-state index contributed by atoms with van der Waals surface area (Å²) >= 11 is 0. The number of benzene rings is 1. The third kappa shape index (κ3) is 1.93. The molecule has 5 heteroatoms. The van der Waals surface area contributed by atoms with Crippen LogP contribution in [0.25, 0.3) is 0 Å². The predicted molar refractivity (Wildman–Crippen MR) is 69.5 cm³/mol. The molecule has 1 aliphatic heterocycles. The number of anilines is 1. The van der Waals surface area contributed by atoms with Gasteiger partial charge in [-0.05, 0) is 31.9 Å². The summed E-state index contributed by atoms with van der Waals surface area (Å²) in [5.41, 5.74) is 4.02. The minimum absolute atomic E-state index is 0.531. The standard InChI is InChI=1S/C12H18N2O2S/c1-9-7-10(2)12(11(3)8-9)14-6-5-13(4)17(14,15)16/h7-8H,5-6H2,1-4H3. The zero-order valence-corrected chi connectivity index (χ0v) is 11.5. The molecule has 1 aromatic carbocycles.